The molecule has 8 heteroatoms. The van der Waals surface area contributed by atoms with Gasteiger partial charge in [-0.1, -0.05) is 25.5 Å². The summed E-state index contributed by atoms with van der Waals surface area (Å²) in [5.74, 6) is 1.15. The van der Waals surface area contributed by atoms with E-state index in [0.717, 1.165) is 36.3 Å². The van der Waals surface area contributed by atoms with Gasteiger partial charge in [-0.15, -0.1) is 5.10 Å². The highest BCUT2D eigenvalue weighted by Crippen LogP contribution is 2.18. The van der Waals surface area contributed by atoms with Crippen molar-refractivity contribution in [2.24, 2.45) is 5.73 Å². The van der Waals surface area contributed by atoms with Crippen LogP contribution in [0.3, 0.4) is 0 Å². The second kappa shape index (κ2) is 9.18. The van der Waals surface area contributed by atoms with E-state index in [1.165, 1.54) is 0 Å². The van der Waals surface area contributed by atoms with Crippen molar-refractivity contribution >= 4 is 11.5 Å². The van der Waals surface area contributed by atoms with Crippen LogP contribution in [0, 0.1) is 0 Å². The van der Waals surface area contributed by atoms with Crippen LogP contribution < -0.4 is 20.9 Å². The van der Waals surface area contributed by atoms with Crippen LogP contribution in [-0.4, -0.2) is 39.3 Å². The maximum atomic E-state index is 6.01. The summed E-state index contributed by atoms with van der Waals surface area (Å²) in [7, 11) is 0. The number of rotatable bonds is 10. The molecule has 0 aliphatic carbocycles. The molecule has 0 saturated heterocycles. The molecule has 1 aromatic carbocycles. The van der Waals surface area contributed by atoms with Gasteiger partial charge < -0.3 is 20.9 Å². The van der Waals surface area contributed by atoms with E-state index >= 15 is 0 Å². The van der Waals surface area contributed by atoms with Gasteiger partial charge in [0.2, 0.25) is 0 Å². The van der Waals surface area contributed by atoms with Gasteiger partial charge in [-0.25, -0.2) is 9.50 Å². The Morgan fingerprint density at radius 3 is 2.56 bits per heavy atom. The quantitative estimate of drug-likeness (QED) is 0.526. The van der Waals surface area contributed by atoms with Crippen molar-refractivity contribution in [3.05, 3.63) is 41.7 Å². The summed E-state index contributed by atoms with van der Waals surface area (Å²) in [6, 6.07) is 8.23. The first kappa shape index (κ1) is 18.9. The zero-order valence-corrected chi connectivity index (χ0v) is 15.6. The number of aromatic nitrogens is 4. The van der Waals surface area contributed by atoms with E-state index in [4.69, 9.17) is 20.9 Å². The number of nitrogens with zero attached hydrogens (tertiary/aromatic N) is 4. The van der Waals surface area contributed by atoms with E-state index < -0.39 is 0 Å². The number of benzene rings is 1. The Balaban J connectivity index is 1.68. The Bertz CT molecular complexity index is 863. The van der Waals surface area contributed by atoms with Crippen molar-refractivity contribution in [2.45, 2.75) is 32.6 Å². The number of anilines is 1. The number of ether oxygens (including phenoxy) is 2. The third kappa shape index (κ3) is 5.07. The van der Waals surface area contributed by atoms with E-state index in [2.05, 4.69) is 22.0 Å². The van der Waals surface area contributed by atoms with Gasteiger partial charge in [0, 0.05) is 6.42 Å². The van der Waals surface area contributed by atoms with E-state index in [0.29, 0.717) is 37.6 Å². The summed E-state index contributed by atoms with van der Waals surface area (Å²) < 4.78 is 12.8. The lowest BCUT2D eigenvalue weighted by atomic mass is 10.1. The number of fused-ring (bicyclic) bond motifs is 1. The van der Waals surface area contributed by atoms with Crippen LogP contribution in [-0.2, 0) is 6.42 Å². The summed E-state index contributed by atoms with van der Waals surface area (Å²) >= 11 is 0. The first-order valence-electron chi connectivity index (χ1n) is 9.26. The fraction of sp³-hybridized carbons (Fsp3) is 0.421. The van der Waals surface area contributed by atoms with E-state index in [9.17, 15) is 0 Å². The van der Waals surface area contributed by atoms with Crippen molar-refractivity contribution in [1.82, 2.24) is 19.6 Å². The third-order valence-corrected chi connectivity index (χ3v) is 4.03. The van der Waals surface area contributed by atoms with Gasteiger partial charge in [-0.05, 0) is 37.1 Å². The molecule has 8 nitrogen and oxygen atoms in total. The van der Waals surface area contributed by atoms with Crippen molar-refractivity contribution in [3.8, 4) is 11.8 Å². The molecule has 2 aromatic heterocycles. The number of imidazole rings is 1. The van der Waals surface area contributed by atoms with Gasteiger partial charge in [-0.3, -0.25) is 0 Å². The van der Waals surface area contributed by atoms with Crippen LogP contribution >= 0.6 is 0 Å². The third-order valence-electron chi connectivity index (χ3n) is 4.03. The first-order valence-corrected chi connectivity index (χ1v) is 9.26. The summed E-state index contributed by atoms with van der Waals surface area (Å²) in [6.45, 7) is 3.93. The molecule has 0 unspecified atom stereocenters. The number of unbranched alkanes of at least 4 members (excludes halogenated alkanes) is 1. The molecule has 27 heavy (non-hydrogen) atoms. The largest absolute Gasteiger partial charge is 0.494 e. The average molecular weight is 370 g/mol. The molecule has 0 amide bonds. The van der Waals surface area contributed by atoms with Gasteiger partial charge >= 0.3 is 6.01 Å². The molecule has 0 bridgehead atoms. The topological polar surface area (TPSA) is 114 Å². The molecule has 0 radical (unpaired) electrons. The summed E-state index contributed by atoms with van der Waals surface area (Å²) in [5, 5.41) is 4.34. The number of nitrogen functional groups attached to an aromatic ring is 1. The highest BCUT2D eigenvalue weighted by Gasteiger charge is 2.11. The van der Waals surface area contributed by atoms with Crippen molar-refractivity contribution in [1.29, 1.82) is 0 Å². The Morgan fingerprint density at radius 2 is 1.81 bits per heavy atom. The van der Waals surface area contributed by atoms with Gasteiger partial charge in [0.1, 0.15) is 5.75 Å². The monoisotopic (exact) mass is 370 g/mol. The summed E-state index contributed by atoms with van der Waals surface area (Å²) in [4.78, 5) is 8.72. The van der Waals surface area contributed by atoms with Gasteiger partial charge in [0.25, 0.3) is 0 Å². The molecule has 3 aromatic rings. The second-order valence-corrected chi connectivity index (χ2v) is 6.29. The lowest BCUT2D eigenvalue weighted by Crippen LogP contribution is -2.06. The minimum absolute atomic E-state index is 0.274. The fourth-order valence-corrected chi connectivity index (χ4v) is 2.58. The number of hydrogen-bond acceptors (Lipinski definition) is 7. The molecule has 144 valence electrons. The van der Waals surface area contributed by atoms with E-state index in [1.54, 1.807) is 4.52 Å². The summed E-state index contributed by atoms with van der Waals surface area (Å²) in [6.07, 6.45) is 5.35. The van der Waals surface area contributed by atoms with Crippen LogP contribution in [0.1, 0.15) is 37.4 Å². The Hall–Kier alpha value is -2.87. The molecule has 2 heterocycles. The van der Waals surface area contributed by atoms with Gasteiger partial charge in [0.05, 0.1) is 25.1 Å². The molecule has 0 aliphatic rings. The predicted molar refractivity (Wildman–Crippen MR) is 104 cm³/mol. The van der Waals surface area contributed by atoms with Crippen LogP contribution in [0.15, 0.2) is 30.5 Å². The Kier molecular flexibility index (Phi) is 6.43. The molecule has 4 N–H and O–H groups in total. The number of hydrogen-bond donors (Lipinski definition) is 2. The molecular formula is C19H26N6O2. The average Bonchev–Trinajstić information content (AvgIpc) is 3.07. The second-order valence-electron chi connectivity index (χ2n) is 6.29. The van der Waals surface area contributed by atoms with Gasteiger partial charge in [0.15, 0.2) is 11.5 Å². The maximum absolute atomic E-state index is 6.01. The molecule has 3 rings (SSSR count). The zero-order chi connectivity index (χ0) is 19.1. The predicted octanol–water partition coefficient (Wildman–Crippen LogP) is 2.20. The Morgan fingerprint density at radius 1 is 1.04 bits per heavy atom. The van der Waals surface area contributed by atoms with Crippen LogP contribution in [0.25, 0.3) is 5.65 Å². The minimum atomic E-state index is 0.274. The van der Waals surface area contributed by atoms with Crippen molar-refractivity contribution in [3.63, 3.8) is 0 Å². The number of nitrogens with two attached hydrogens (primary N) is 2. The normalized spacial score (nSPS) is 11.0. The van der Waals surface area contributed by atoms with E-state index in [-0.39, 0.29) is 6.01 Å². The maximum Gasteiger partial charge on any atom is 0.336 e. The van der Waals surface area contributed by atoms with E-state index in [1.807, 2.05) is 30.5 Å². The smallest absolute Gasteiger partial charge is 0.336 e. The van der Waals surface area contributed by atoms with Gasteiger partial charge in [-0.2, -0.15) is 4.98 Å². The highest BCUT2D eigenvalue weighted by molar-refractivity contribution is 5.59. The van der Waals surface area contributed by atoms with Crippen LogP contribution in [0.5, 0.6) is 11.8 Å². The molecule has 0 saturated carbocycles. The first-order chi connectivity index (χ1) is 13.2. The SMILES string of the molecule is CCCCOc1nc(N)c2nc(Cc3ccc(OCCCN)cc3)cn2n1. The van der Waals surface area contributed by atoms with Crippen molar-refractivity contribution < 1.29 is 9.47 Å². The standard InChI is InChI=1S/C19H26N6O2/c1-2-3-10-27-19-23-17(21)18-22-15(13-25(18)24-19)12-14-5-7-16(8-6-14)26-11-4-9-20/h5-8,13H,2-4,9-12,20H2,1H3,(H2,21,23,24). The zero-order valence-electron chi connectivity index (χ0n) is 15.6. The lowest BCUT2D eigenvalue weighted by molar-refractivity contribution is 0.281. The molecule has 0 atom stereocenters. The van der Waals surface area contributed by atoms with Crippen LogP contribution in [0.2, 0.25) is 0 Å². The summed E-state index contributed by atoms with van der Waals surface area (Å²) in [5.41, 5.74) is 14.0. The minimum Gasteiger partial charge on any atom is -0.494 e. The molecule has 0 fully saturated rings. The molecule has 0 aliphatic heterocycles. The molecule has 0 spiro atoms. The molecular weight excluding hydrogens is 344 g/mol. The van der Waals surface area contributed by atoms with Crippen molar-refractivity contribution in [2.75, 3.05) is 25.5 Å². The highest BCUT2D eigenvalue weighted by atomic mass is 16.5. The Labute approximate surface area is 158 Å². The lowest BCUT2D eigenvalue weighted by Gasteiger charge is -2.05. The fourth-order valence-electron chi connectivity index (χ4n) is 2.58. The van der Waals surface area contributed by atoms with Crippen LogP contribution in [0.4, 0.5) is 5.82 Å².